The fourth-order valence-corrected chi connectivity index (χ4v) is 3.66. The number of halogens is 1. The molecular formula is C15H19BrN2OS. The van der Waals surface area contributed by atoms with Crippen molar-refractivity contribution in [2.24, 2.45) is 5.41 Å². The number of nitrogens with two attached hydrogens (primary N) is 1. The highest BCUT2D eigenvalue weighted by molar-refractivity contribution is 9.10. The van der Waals surface area contributed by atoms with Crippen molar-refractivity contribution in [3.05, 3.63) is 27.5 Å². The van der Waals surface area contributed by atoms with E-state index < -0.39 is 0 Å². The second-order valence-electron chi connectivity index (χ2n) is 6.21. The van der Waals surface area contributed by atoms with Crippen molar-refractivity contribution in [3.63, 3.8) is 0 Å². The average Bonchev–Trinajstić information content (AvgIpc) is 2.64. The molecule has 2 rings (SSSR count). The fourth-order valence-electron chi connectivity index (χ4n) is 2.20. The van der Waals surface area contributed by atoms with E-state index in [1.54, 1.807) is 4.90 Å². The molecule has 0 aliphatic heterocycles. The first-order valence-electron chi connectivity index (χ1n) is 6.42. The van der Waals surface area contributed by atoms with Crippen LogP contribution in [0.4, 0.5) is 5.69 Å². The first-order chi connectivity index (χ1) is 9.19. The number of hydrogen-bond acceptors (Lipinski definition) is 3. The first-order valence-corrected chi connectivity index (χ1v) is 8.03. The molecule has 1 aromatic heterocycles. The molecule has 0 aliphatic rings. The number of rotatable bonds is 2. The van der Waals surface area contributed by atoms with Crippen LogP contribution in [0.25, 0.3) is 10.1 Å². The number of fused-ring (bicyclic) bond motifs is 1. The van der Waals surface area contributed by atoms with Crippen LogP contribution < -0.4 is 5.73 Å². The Hall–Kier alpha value is -1.07. The van der Waals surface area contributed by atoms with Gasteiger partial charge in [0.25, 0.3) is 5.91 Å². The molecule has 0 unspecified atom stereocenters. The van der Waals surface area contributed by atoms with Gasteiger partial charge in [-0.1, -0.05) is 36.7 Å². The van der Waals surface area contributed by atoms with Gasteiger partial charge < -0.3 is 10.6 Å². The SMILES string of the molecule is CN(CC(C)(C)C)C(=O)c1sc2ccc(Br)cc2c1N. The number of thiophene rings is 1. The third kappa shape index (κ3) is 3.15. The lowest BCUT2D eigenvalue weighted by atomic mass is 9.96. The number of carbonyl (C=O) groups excluding carboxylic acids is 1. The molecule has 0 atom stereocenters. The van der Waals surface area contributed by atoms with Gasteiger partial charge in [0, 0.05) is 28.2 Å². The van der Waals surface area contributed by atoms with Crippen molar-refractivity contribution < 1.29 is 4.79 Å². The zero-order chi connectivity index (χ0) is 15.1. The summed E-state index contributed by atoms with van der Waals surface area (Å²) in [7, 11) is 1.83. The van der Waals surface area contributed by atoms with Gasteiger partial charge in [0.1, 0.15) is 4.88 Å². The van der Waals surface area contributed by atoms with Gasteiger partial charge in [0.05, 0.1) is 5.69 Å². The lowest BCUT2D eigenvalue weighted by Crippen LogP contribution is -2.34. The molecule has 0 saturated carbocycles. The van der Waals surface area contributed by atoms with Crippen molar-refractivity contribution in [1.82, 2.24) is 4.90 Å². The minimum Gasteiger partial charge on any atom is -0.397 e. The normalized spacial score (nSPS) is 11.8. The summed E-state index contributed by atoms with van der Waals surface area (Å²) in [5, 5.41) is 0.942. The Morgan fingerprint density at radius 1 is 1.40 bits per heavy atom. The van der Waals surface area contributed by atoms with Gasteiger partial charge in [-0.2, -0.15) is 0 Å². The standard InChI is InChI=1S/C15H19BrN2OS/c1-15(2,3)8-18(4)14(19)13-12(17)10-7-9(16)5-6-11(10)20-13/h5-7H,8,17H2,1-4H3. The average molecular weight is 355 g/mol. The molecule has 0 radical (unpaired) electrons. The summed E-state index contributed by atoms with van der Waals surface area (Å²) in [4.78, 5) is 14.9. The summed E-state index contributed by atoms with van der Waals surface area (Å²) in [6.45, 7) is 7.04. The van der Waals surface area contributed by atoms with Gasteiger partial charge in [-0.15, -0.1) is 11.3 Å². The molecule has 1 heterocycles. The van der Waals surface area contributed by atoms with Crippen molar-refractivity contribution in [1.29, 1.82) is 0 Å². The van der Waals surface area contributed by atoms with Crippen LogP contribution in [0.15, 0.2) is 22.7 Å². The first kappa shape index (κ1) is 15.3. The minimum absolute atomic E-state index is 0.00486. The van der Waals surface area contributed by atoms with Gasteiger partial charge in [-0.3, -0.25) is 4.79 Å². The Kier molecular flexibility index (Phi) is 4.12. The molecule has 2 aromatic rings. The monoisotopic (exact) mass is 354 g/mol. The quantitative estimate of drug-likeness (QED) is 0.870. The molecule has 1 aromatic carbocycles. The van der Waals surface area contributed by atoms with E-state index in [1.807, 2.05) is 25.2 Å². The number of nitrogen functional groups attached to an aromatic ring is 1. The Labute approximate surface area is 131 Å². The predicted octanol–water partition coefficient (Wildman–Crippen LogP) is 4.36. The molecule has 0 saturated heterocycles. The van der Waals surface area contributed by atoms with Crippen LogP contribution in [0.1, 0.15) is 30.4 Å². The van der Waals surface area contributed by atoms with Gasteiger partial charge >= 0.3 is 0 Å². The Balaban J connectivity index is 2.38. The van der Waals surface area contributed by atoms with Crippen molar-refractivity contribution in [3.8, 4) is 0 Å². The third-order valence-electron chi connectivity index (χ3n) is 2.94. The van der Waals surface area contributed by atoms with Crippen LogP contribution >= 0.6 is 27.3 Å². The second kappa shape index (κ2) is 5.37. The molecule has 3 nitrogen and oxygen atoms in total. The summed E-state index contributed by atoms with van der Waals surface area (Å²) in [5.74, 6) is -0.00486. The van der Waals surface area contributed by atoms with E-state index in [-0.39, 0.29) is 11.3 Å². The van der Waals surface area contributed by atoms with Crippen LogP contribution in [-0.4, -0.2) is 24.4 Å². The van der Waals surface area contributed by atoms with Crippen LogP contribution in [-0.2, 0) is 0 Å². The van der Waals surface area contributed by atoms with Crippen LogP contribution in [0.3, 0.4) is 0 Å². The topological polar surface area (TPSA) is 46.3 Å². The van der Waals surface area contributed by atoms with E-state index in [0.717, 1.165) is 14.6 Å². The third-order valence-corrected chi connectivity index (χ3v) is 4.61. The van der Waals surface area contributed by atoms with Gasteiger partial charge in [0.2, 0.25) is 0 Å². The highest BCUT2D eigenvalue weighted by Gasteiger charge is 2.23. The van der Waals surface area contributed by atoms with Crippen molar-refractivity contribution in [2.45, 2.75) is 20.8 Å². The summed E-state index contributed by atoms with van der Waals surface area (Å²) < 4.78 is 2.01. The summed E-state index contributed by atoms with van der Waals surface area (Å²) in [6, 6.07) is 5.91. The minimum atomic E-state index is -0.00486. The van der Waals surface area contributed by atoms with Gasteiger partial charge in [0.15, 0.2) is 0 Å². The van der Waals surface area contributed by atoms with Crippen molar-refractivity contribution in [2.75, 3.05) is 19.3 Å². The molecule has 20 heavy (non-hydrogen) atoms. The van der Waals surface area contributed by atoms with E-state index in [4.69, 9.17) is 5.73 Å². The zero-order valence-electron chi connectivity index (χ0n) is 12.2. The largest absolute Gasteiger partial charge is 0.397 e. The molecule has 5 heteroatoms. The molecule has 2 N–H and O–H groups in total. The Bertz CT molecular complexity index is 658. The fraction of sp³-hybridized carbons (Fsp3) is 0.400. The lowest BCUT2D eigenvalue weighted by molar-refractivity contribution is 0.0751. The van der Waals surface area contributed by atoms with Crippen LogP contribution in [0, 0.1) is 5.41 Å². The zero-order valence-corrected chi connectivity index (χ0v) is 14.6. The smallest absolute Gasteiger partial charge is 0.265 e. The highest BCUT2D eigenvalue weighted by atomic mass is 79.9. The number of hydrogen-bond donors (Lipinski definition) is 1. The van der Waals surface area contributed by atoms with E-state index >= 15 is 0 Å². The second-order valence-corrected chi connectivity index (χ2v) is 8.18. The summed E-state index contributed by atoms with van der Waals surface area (Å²) in [5.41, 5.74) is 6.80. The maximum Gasteiger partial charge on any atom is 0.265 e. The predicted molar refractivity (Wildman–Crippen MR) is 90.4 cm³/mol. The van der Waals surface area contributed by atoms with Crippen LogP contribution in [0.5, 0.6) is 0 Å². The van der Waals surface area contributed by atoms with Crippen molar-refractivity contribution >= 4 is 48.9 Å². The highest BCUT2D eigenvalue weighted by Crippen LogP contribution is 2.36. The molecule has 0 spiro atoms. The van der Waals surface area contributed by atoms with E-state index in [2.05, 4.69) is 36.7 Å². The number of anilines is 1. The Morgan fingerprint density at radius 2 is 2.05 bits per heavy atom. The molecule has 0 fully saturated rings. The van der Waals surface area contributed by atoms with Crippen LogP contribution in [0.2, 0.25) is 0 Å². The maximum absolute atomic E-state index is 12.5. The number of benzene rings is 1. The molecule has 0 bridgehead atoms. The summed E-state index contributed by atoms with van der Waals surface area (Å²) in [6.07, 6.45) is 0. The van der Waals surface area contributed by atoms with E-state index in [9.17, 15) is 4.79 Å². The molecule has 1 amide bonds. The lowest BCUT2D eigenvalue weighted by Gasteiger charge is -2.26. The molecule has 0 aliphatic carbocycles. The van der Waals surface area contributed by atoms with Gasteiger partial charge in [-0.25, -0.2) is 0 Å². The Morgan fingerprint density at radius 3 is 2.65 bits per heavy atom. The van der Waals surface area contributed by atoms with E-state index in [1.165, 1.54) is 11.3 Å². The number of nitrogens with zero attached hydrogens (tertiary/aromatic N) is 1. The molecule has 108 valence electrons. The number of amides is 1. The summed E-state index contributed by atoms with van der Waals surface area (Å²) >= 11 is 4.89. The number of carbonyl (C=O) groups is 1. The molecular weight excluding hydrogens is 336 g/mol. The van der Waals surface area contributed by atoms with Gasteiger partial charge in [-0.05, 0) is 23.6 Å². The maximum atomic E-state index is 12.5. The van der Waals surface area contributed by atoms with E-state index in [0.29, 0.717) is 17.1 Å².